The van der Waals surface area contributed by atoms with Gasteiger partial charge in [0, 0.05) is 24.1 Å². The van der Waals surface area contributed by atoms with Gasteiger partial charge in [-0.2, -0.15) is 0 Å². The second-order valence-electron chi connectivity index (χ2n) is 5.29. The topological polar surface area (TPSA) is 29.5 Å². The summed E-state index contributed by atoms with van der Waals surface area (Å²) >= 11 is 0. The Balaban J connectivity index is 1.84. The lowest BCUT2D eigenvalue weighted by Crippen LogP contribution is -2.48. The molecule has 84 valence electrons. The van der Waals surface area contributed by atoms with E-state index in [-0.39, 0.29) is 11.6 Å². The minimum atomic E-state index is -0.281. The number of piperidine rings is 1. The summed E-state index contributed by atoms with van der Waals surface area (Å²) in [4.78, 5) is 14.1. The quantitative estimate of drug-likeness (QED) is 0.574. The van der Waals surface area contributed by atoms with Crippen LogP contribution in [0.3, 0.4) is 0 Å². The Labute approximate surface area is 94.8 Å². The third-order valence-corrected chi connectivity index (χ3v) is 4.56. The molecular formula is C13H15NO2. The van der Waals surface area contributed by atoms with Gasteiger partial charge in [0.1, 0.15) is 0 Å². The molecule has 0 aromatic heterocycles. The van der Waals surface area contributed by atoms with Crippen molar-refractivity contribution in [1.82, 2.24) is 4.90 Å². The Morgan fingerprint density at radius 3 is 3.31 bits per heavy atom. The molecule has 2 fully saturated rings. The summed E-state index contributed by atoms with van der Waals surface area (Å²) in [6.07, 6.45) is 10.7. The van der Waals surface area contributed by atoms with Gasteiger partial charge >= 0.3 is 5.97 Å². The molecule has 0 aromatic rings. The minimum absolute atomic E-state index is 0.146. The van der Waals surface area contributed by atoms with E-state index in [1.165, 1.54) is 19.3 Å². The van der Waals surface area contributed by atoms with Gasteiger partial charge in [0.05, 0.1) is 6.04 Å². The molecule has 0 saturated carbocycles. The molecule has 0 aromatic carbocycles. The molecular weight excluding hydrogens is 202 g/mol. The van der Waals surface area contributed by atoms with Crippen molar-refractivity contribution in [2.45, 2.75) is 43.4 Å². The Hall–Kier alpha value is -1.09. The normalized spacial score (nSPS) is 45.0. The largest absolute Gasteiger partial charge is 0.449 e. The van der Waals surface area contributed by atoms with E-state index in [9.17, 15) is 4.79 Å². The number of carbonyl (C=O) groups is 1. The number of carbonyl (C=O) groups excluding carboxylic acids is 1. The van der Waals surface area contributed by atoms with E-state index >= 15 is 0 Å². The Morgan fingerprint density at radius 2 is 2.38 bits per heavy atom. The fourth-order valence-corrected chi connectivity index (χ4v) is 3.94. The molecule has 3 atom stereocenters. The van der Waals surface area contributed by atoms with Gasteiger partial charge in [-0.25, -0.2) is 4.79 Å². The standard InChI is InChI=1S/C13H15NO2/c15-12-7-9-4-5-10-8-13(9,16-12)11-3-1-2-6-14(10)11/h4-5,7,10-11H,1-3,6,8H2/t10-,11+,13-/m1/s1. The van der Waals surface area contributed by atoms with Crippen LogP contribution in [-0.2, 0) is 9.53 Å². The van der Waals surface area contributed by atoms with Gasteiger partial charge in [-0.05, 0) is 19.4 Å². The van der Waals surface area contributed by atoms with Gasteiger partial charge in [-0.3, -0.25) is 4.90 Å². The molecule has 3 aliphatic heterocycles. The van der Waals surface area contributed by atoms with Crippen molar-refractivity contribution in [3.8, 4) is 0 Å². The lowest BCUT2D eigenvalue weighted by atomic mass is 9.80. The SMILES string of the molecule is O=C1C=C2C=C[C@@H]3C[C@]2(O1)[C@@H]1CCCCN31. The summed E-state index contributed by atoms with van der Waals surface area (Å²) in [6, 6.07) is 0.923. The van der Waals surface area contributed by atoms with Gasteiger partial charge in [0.2, 0.25) is 0 Å². The minimum Gasteiger partial charge on any atom is -0.449 e. The number of hydrogen-bond donors (Lipinski definition) is 0. The number of esters is 1. The molecule has 0 amide bonds. The van der Waals surface area contributed by atoms with E-state index in [1.807, 2.05) is 0 Å². The summed E-state index contributed by atoms with van der Waals surface area (Å²) in [5.74, 6) is -0.146. The molecule has 4 aliphatic rings. The van der Waals surface area contributed by atoms with E-state index in [4.69, 9.17) is 4.74 Å². The van der Waals surface area contributed by atoms with Crippen molar-refractivity contribution < 1.29 is 9.53 Å². The first kappa shape index (κ1) is 8.99. The van der Waals surface area contributed by atoms with Crippen molar-refractivity contribution >= 4 is 5.97 Å². The lowest BCUT2D eigenvalue weighted by Gasteiger charge is -2.37. The van der Waals surface area contributed by atoms with Crippen molar-refractivity contribution in [3.05, 3.63) is 23.8 Å². The summed E-state index contributed by atoms with van der Waals surface area (Å²) in [7, 11) is 0. The van der Waals surface area contributed by atoms with Crippen molar-refractivity contribution in [2.75, 3.05) is 6.54 Å². The Bertz CT molecular complexity index is 426. The van der Waals surface area contributed by atoms with Crippen molar-refractivity contribution in [1.29, 1.82) is 0 Å². The fourth-order valence-electron chi connectivity index (χ4n) is 3.94. The van der Waals surface area contributed by atoms with E-state index in [1.54, 1.807) is 6.08 Å². The van der Waals surface area contributed by atoms with Gasteiger partial charge in [-0.15, -0.1) is 0 Å². The van der Waals surface area contributed by atoms with Crippen LogP contribution in [0.15, 0.2) is 23.8 Å². The molecule has 0 unspecified atom stereocenters. The predicted molar refractivity (Wildman–Crippen MR) is 58.8 cm³/mol. The van der Waals surface area contributed by atoms with Crippen molar-refractivity contribution in [3.63, 3.8) is 0 Å². The Kier molecular flexibility index (Phi) is 1.56. The predicted octanol–water partition coefficient (Wildman–Crippen LogP) is 1.41. The maximum atomic E-state index is 11.5. The van der Waals surface area contributed by atoms with Gasteiger partial charge in [0.15, 0.2) is 5.60 Å². The van der Waals surface area contributed by atoms with Gasteiger partial charge in [0.25, 0.3) is 0 Å². The second kappa shape index (κ2) is 2.77. The summed E-state index contributed by atoms with van der Waals surface area (Å²) in [5, 5.41) is 0. The molecule has 3 heteroatoms. The number of ether oxygens (including phenoxy) is 1. The molecule has 0 radical (unpaired) electrons. The molecule has 16 heavy (non-hydrogen) atoms. The maximum absolute atomic E-state index is 11.5. The smallest absolute Gasteiger partial charge is 0.332 e. The zero-order chi connectivity index (χ0) is 10.8. The van der Waals surface area contributed by atoms with Crippen LogP contribution < -0.4 is 0 Å². The first-order chi connectivity index (χ1) is 7.79. The van der Waals surface area contributed by atoms with Crippen LogP contribution in [0, 0.1) is 0 Å². The highest BCUT2D eigenvalue weighted by Gasteiger charge is 2.59. The van der Waals surface area contributed by atoms with Crippen LogP contribution in [0.2, 0.25) is 0 Å². The maximum Gasteiger partial charge on any atom is 0.332 e. The molecule has 3 heterocycles. The van der Waals surface area contributed by atoms with Crippen LogP contribution in [0.4, 0.5) is 0 Å². The monoisotopic (exact) mass is 217 g/mol. The lowest BCUT2D eigenvalue weighted by molar-refractivity contribution is -0.148. The van der Waals surface area contributed by atoms with E-state index in [0.717, 1.165) is 18.5 Å². The third-order valence-electron chi connectivity index (χ3n) is 4.56. The molecule has 0 N–H and O–H groups in total. The van der Waals surface area contributed by atoms with Crippen molar-refractivity contribution in [2.24, 2.45) is 0 Å². The summed E-state index contributed by atoms with van der Waals surface area (Å²) in [5.41, 5.74) is 0.833. The average molecular weight is 217 g/mol. The zero-order valence-electron chi connectivity index (χ0n) is 9.19. The number of hydrogen-bond acceptors (Lipinski definition) is 3. The van der Waals surface area contributed by atoms with E-state index in [2.05, 4.69) is 17.1 Å². The van der Waals surface area contributed by atoms with Crippen LogP contribution in [-0.4, -0.2) is 35.1 Å². The fraction of sp³-hybridized carbons (Fsp3) is 0.615. The highest BCUT2D eigenvalue weighted by Crippen LogP contribution is 2.51. The molecule has 1 spiro atoms. The average Bonchev–Trinajstić information content (AvgIpc) is 2.76. The first-order valence-corrected chi connectivity index (χ1v) is 6.19. The van der Waals surface area contributed by atoms with Crippen LogP contribution >= 0.6 is 0 Å². The van der Waals surface area contributed by atoms with Crippen LogP contribution in [0.1, 0.15) is 25.7 Å². The van der Waals surface area contributed by atoms with Crippen LogP contribution in [0.25, 0.3) is 0 Å². The highest BCUT2D eigenvalue weighted by molar-refractivity contribution is 5.88. The number of rotatable bonds is 0. The summed E-state index contributed by atoms with van der Waals surface area (Å²) in [6.45, 7) is 1.16. The number of fused-ring (bicyclic) bond motifs is 3. The third kappa shape index (κ3) is 0.908. The Morgan fingerprint density at radius 1 is 1.44 bits per heavy atom. The van der Waals surface area contributed by atoms with Gasteiger partial charge < -0.3 is 4.74 Å². The first-order valence-electron chi connectivity index (χ1n) is 6.19. The molecule has 2 saturated heterocycles. The molecule has 1 aliphatic carbocycles. The van der Waals surface area contributed by atoms with Crippen LogP contribution in [0.5, 0.6) is 0 Å². The molecule has 3 nitrogen and oxygen atoms in total. The second-order valence-corrected chi connectivity index (χ2v) is 5.29. The van der Waals surface area contributed by atoms with Gasteiger partial charge in [-0.1, -0.05) is 18.6 Å². The zero-order valence-corrected chi connectivity index (χ0v) is 9.19. The molecule has 2 bridgehead atoms. The number of nitrogens with zero attached hydrogens (tertiary/aromatic N) is 1. The van der Waals surface area contributed by atoms with E-state index < -0.39 is 0 Å². The van der Waals surface area contributed by atoms with E-state index in [0.29, 0.717) is 12.1 Å². The summed E-state index contributed by atoms with van der Waals surface area (Å²) < 4.78 is 5.69. The molecule has 4 rings (SSSR count). The highest BCUT2D eigenvalue weighted by atomic mass is 16.6.